The number of alkyl halides is 2. The van der Waals surface area contributed by atoms with Crippen LogP contribution in [0.2, 0.25) is 20.1 Å². The molecule has 0 spiro atoms. The van der Waals surface area contributed by atoms with Gasteiger partial charge in [-0.1, -0.05) is 46.4 Å². The number of benzene rings is 4. The first-order chi connectivity index (χ1) is 25.8. The summed E-state index contributed by atoms with van der Waals surface area (Å²) in [5.74, 6) is -2.00. The maximum atomic E-state index is 13.5. The van der Waals surface area contributed by atoms with E-state index >= 15 is 0 Å². The number of ether oxygens (including phenoxy) is 2. The van der Waals surface area contributed by atoms with E-state index in [2.05, 4.69) is 74.4 Å². The second-order valence-corrected chi connectivity index (χ2v) is 17.1. The molecule has 2 unspecified atom stereocenters. The van der Waals surface area contributed by atoms with Gasteiger partial charge in [0.1, 0.15) is 24.7 Å². The lowest BCUT2D eigenvalue weighted by atomic mass is 10.1. The fourth-order valence-electron chi connectivity index (χ4n) is 4.86. The molecule has 0 heterocycles. The zero-order valence-electron chi connectivity index (χ0n) is 29.2. The van der Waals surface area contributed by atoms with Gasteiger partial charge in [-0.15, -0.1) is 0 Å². The second-order valence-electron chi connectivity index (χ2n) is 12.1. The topological polar surface area (TPSA) is 117 Å². The average molecular weight is 1100 g/mol. The van der Waals surface area contributed by atoms with Crippen molar-refractivity contribution < 1.29 is 38.1 Å². The van der Waals surface area contributed by atoms with Crippen molar-refractivity contribution in [3.05, 3.63) is 109 Å². The molecule has 0 aliphatic rings. The van der Waals surface area contributed by atoms with Crippen LogP contribution in [-0.4, -0.2) is 47.1 Å². The van der Waals surface area contributed by atoms with E-state index in [0.717, 1.165) is 11.4 Å². The molecule has 0 bridgehead atoms. The molecule has 18 heteroatoms. The number of carbonyl (C=O) groups is 2. The Balaban J connectivity index is 0.000000296. The molecule has 298 valence electrons. The number of aliphatic carboxylic acids is 2. The van der Waals surface area contributed by atoms with E-state index < -0.39 is 24.3 Å². The molecule has 2 atom stereocenters. The van der Waals surface area contributed by atoms with Crippen LogP contribution in [0.4, 0.5) is 20.2 Å². The summed E-state index contributed by atoms with van der Waals surface area (Å²) in [6.45, 7) is 6.96. The van der Waals surface area contributed by atoms with Crippen LogP contribution >= 0.6 is 110 Å². The van der Waals surface area contributed by atoms with Crippen molar-refractivity contribution in [3.63, 3.8) is 0 Å². The zero-order valence-corrected chi connectivity index (χ0v) is 38.6. The Labute approximate surface area is 371 Å². The highest BCUT2D eigenvalue weighted by atomic mass is 79.9. The molecular formula is C37H34Br4Cl4F2N2O6. The van der Waals surface area contributed by atoms with Crippen LogP contribution in [-0.2, 0) is 35.6 Å². The van der Waals surface area contributed by atoms with Gasteiger partial charge in [0.2, 0.25) is 12.3 Å². The SMILES string of the molecule is CC(C)Nc1cc(Cl)cc(COc2c(Br)cc(CC(F)C(=O)O)cc2Br)c1Cl.CCNc1cc(Cl)cc(COc2c(Br)cc(CC(F)C(=O)O)cc2Br)c1Cl. The maximum Gasteiger partial charge on any atom is 0.338 e. The Bertz CT molecular complexity index is 1970. The average Bonchev–Trinajstić information content (AvgIpc) is 3.07. The minimum Gasteiger partial charge on any atom is -0.486 e. The molecule has 4 rings (SSSR count). The number of carboxylic acid groups (broad SMARTS) is 2. The smallest absolute Gasteiger partial charge is 0.338 e. The van der Waals surface area contributed by atoms with Crippen LogP contribution in [0, 0.1) is 0 Å². The first kappa shape index (κ1) is 47.3. The van der Waals surface area contributed by atoms with Crippen molar-refractivity contribution in [3.8, 4) is 11.5 Å². The normalized spacial score (nSPS) is 12.0. The van der Waals surface area contributed by atoms with Gasteiger partial charge in [-0.2, -0.15) is 0 Å². The lowest BCUT2D eigenvalue weighted by Gasteiger charge is -2.17. The minimum absolute atomic E-state index is 0.156. The van der Waals surface area contributed by atoms with Gasteiger partial charge in [0.25, 0.3) is 0 Å². The highest BCUT2D eigenvalue weighted by molar-refractivity contribution is 9.11. The summed E-state index contributed by atoms with van der Waals surface area (Å²) >= 11 is 38.7. The van der Waals surface area contributed by atoms with Crippen molar-refractivity contribution in [2.45, 2.75) is 65.2 Å². The van der Waals surface area contributed by atoms with Crippen molar-refractivity contribution in [2.24, 2.45) is 0 Å². The van der Waals surface area contributed by atoms with E-state index in [-0.39, 0.29) is 32.1 Å². The minimum atomic E-state index is -1.97. The van der Waals surface area contributed by atoms with Gasteiger partial charge in [0, 0.05) is 46.6 Å². The van der Waals surface area contributed by atoms with Crippen LogP contribution in [0.15, 0.2) is 66.4 Å². The molecule has 8 nitrogen and oxygen atoms in total. The molecule has 4 aromatic carbocycles. The Hall–Kier alpha value is -2.04. The van der Waals surface area contributed by atoms with Gasteiger partial charge in [0.05, 0.1) is 39.3 Å². The Morgan fingerprint density at radius 2 is 1.04 bits per heavy atom. The Morgan fingerprint density at radius 3 is 1.38 bits per heavy atom. The van der Waals surface area contributed by atoms with E-state index in [9.17, 15) is 18.4 Å². The van der Waals surface area contributed by atoms with Gasteiger partial charge >= 0.3 is 11.9 Å². The predicted octanol–water partition coefficient (Wildman–Crippen LogP) is 13.4. The van der Waals surface area contributed by atoms with Crippen LogP contribution in [0.3, 0.4) is 0 Å². The van der Waals surface area contributed by atoms with Crippen LogP contribution in [0.25, 0.3) is 0 Å². The molecule has 0 aromatic heterocycles. The molecule has 55 heavy (non-hydrogen) atoms. The summed E-state index contributed by atoms with van der Waals surface area (Å²) in [5.41, 5.74) is 3.89. The van der Waals surface area contributed by atoms with E-state index in [1.165, 1.54) is 0 Å². The monoisotopic (exact) mass is 1100 g/mol. The summed E-state index contributed by atoms with van der Waals surface area (Å²) in [5, 5.41) is 25.9. The van der Waals surface area contributed by atoms with Crippen molar-refractivity contribution in [2.75, 3.05) is 17.2 Å². The molecule has 4 N–H and O–H groups in total. The molecule has 0 saturated carbocycles. The van der Waals surface area contributed by atoms with E-state index in [0.29, 0.717) is 78.3 Å². The van der Waals surface area contributed by atoms with Gasteiger partial charge < -0.3 is 30.3 Å². The first-order valence-corrected chi connectivity index (χ1v) is 20.9. The number of nitrogens with one attached hydrogen (secondary N) is 2. The largest absolute Gasteiger partial charge is 0.486 e. The van der Waals surface area contributed by atoms with Gasteiger partial charge in [-0.3, -0.25) is 0 Å². The summed E-state index contributed by atoms with van der Waals surface area (Å²) < 4.78 is 40.9. The molecule has 0 radical (unpaired) electrons. The number of halogens is 10. The predicted molar refractivity (Wildman–Crippen MR) is 231 cm³/mol. The van der Waals surface area contributed by atoms with Crippen molar-refractivity contribution >= 4 is 133 Å². The summed E-state index contributed by atoms with van der Waals surface area (Å²) in [6.07, 6.45) is -4.41. The quantitative estimate of drug-likeness (QED) is 0.0877. The third-order valence-electron chi connectivity index (χ3n) is 7.26. The van der Waals surface area contributed by atoms with Crippen LogP contribution in [0.5, 0.6) is 11.5 Å². The molecule has 0 saturated heterocycles. The number of hydrogen-bond acceptors (Lipinski definition) is 6. The van der Waals surface area contributed by atoms with Gasteiger partial charge in [0.15, 0.2) is 0 Å². The Morgan fingerprint density at radius 1 is 0.673 bits per heavy atom. The van der Waals surface area contributed by atoms with E-state index in [1.54, 1.807) is 48.5 Å². The fraction of sp³-hybridized carbons (Fsp3) is 0.297. The lowest BCUT2D eigenvalue weighted by molar-refractivity contribution is -0.143. The highest BCUT2D eigenvalue weighted by Crippen LogP contribution is 2.39. The third-order valence-corrected chi connectivity index (χ3v) is 10.9. The van der Waals surface area contributed by atoms with Crippen LogP contribution in [0.1, 0.15) is 43.0 Å². The lowest BCUT2D eigenvalue weighted by Crippen LogP contribution is -2.17. The molecular weight excluding hydrogens is 1070 g/mol. The summed E-state index contributed by atoms with van der Waals surface area (Å²) in [6, 6.07) is 13.6. The number of carboxylic acids is 2. The molecule has 4 aromatic rings. The fourth-order valence-corrected chi connectivity index (χ4v) is 8.81. The van der Waals surface area contributed by atoms with Crippen molar-refractivity contribution in [1.82, 2.24) is 0 Å². The first-order valence-electron chi connectivity index (χ1n) is 16.2. The Kier molecular flexibility index (Phi) is 19.1. The zero-order chi connectivity index (χ0) is 41.1. The van der Waals surface area contributed by atoms with Gasteiger partial charge in [-0.25, -0.2) is 18.4 Å². The standard InChI is InChI=1S/C19H18Br2Cl2FNO3.C18H16Br2Cl2FNO3/c1-9(2)25-16-7-12(22)6-11(17(16)23)8-28-18-13(20)3-10(4-14(18)21)5-15(24)19(26)27;1-2-24-15-7-11(21)6-10(16(15)22)8-27-17-12(19)3-9(4-13(17)20)5-14(23)18(25)26/h3-4,6-7,9,15,25H,5,8H2,1-2H3,(H,26,27);3-4,6-7,14,24H,2,5,8H2,1H3,(H,25,26). The molecule has 0 aliphatic heterocycles. The highest BCUT2D eigenvalue weighted by Gasteiger charge is 2.21. The summed E-state index contributed by atoms with van der Waals surface area (Å²) in [4.78, 5) is 21.4. The second kappa shape index (κ2) is 22.2. The summed E-state index contributed by atoms with van der Waals surface area (Å²) in [7, 11) is 0. The van der Waals surface area contributed by atoms with Crippen molar-refractivity contribution in [1.29, 1.82) is 0 Å². The molecule has 0 amide bonds. The maximum absolute atomic E-state index is 13.5. The third kappa shape index (κ3) is 14.4. The molecule has 0 aliphatic carbocycles. The van der Waals surface area contributed by atoms with E-state index in [4.69, 9.17) is 66.1 Å². The number of hydrogen-bond donors (Lipinski definition) is 4. The van der Waals surface area contributed by atoms with Gasteiger partial charge in [-0.05, 0) is 144 Å². The molecule has 0 fully saturated rings. The van der Waals surface area contributed by atoms with E-state index in [1.807, 2.05) is 20.8 Å². The number of anilines is 2. The number of rotatable bonds is 16. The van der Waals surface area contributed by atoms with Crippen LogP contribution < -0.4 is 20.1 Å².